The van der Waals surface area contributed by atoms with Gasteiger partial charge in [-0.2, -0.15) is 5.10 Å². The minimum absolute atomic E-state index is 0.0496. The third-order valence-electron chi connectivity index (χ3n) is 6.20. The van der Waals surface area contributed by atoms with Crippen LogP contribution in [0.5, 0.6) is 0 Å². The molecule has 0 aromatic carbocycles. The van der Waals surface area contributed by atoms with E-state index in [1.807, 2.05) is 31.6 Å². The summed E-state index contributed by atoms with van der Waals surface area (Å²) < 4.78 is 28.9. The van der Waals surface area contributed by atoms with E-state index in [-0.39, 0.29) is 30.6 Å². The number of pyridine rings is 1. The van der Waals surface area contributed by atoms with E-state index in [1.54, 1.807) is 9.58 Å². The van der Waals surface area contributed by atoms with Gasteiger partial charge < -0.3 is 4.90 Å². The minimum Gasteiger partial charge on any atom is -0.339 e. The number of rotatable bonds is 4. The van der Waals surface area contributed by atoms with Crippen LogP contribution >= 0.6 is 0 Å². The van der Waals surface area contributed by atoms with Crippen molar-refractivity contribution in [3.63, 3.8) is 0 Å². The van der Waals surface area contributed by atoms with Crippen molar-refractivity contribution in [1.29, 1.82) is 0 Å². The van der Waals surface area contributed by atoms with E-state index in [9.17, 15) is 13.6 Å². The van der Waals surface area contributed by atoms with E-state index in [0.717, 1.165) is 28.9 Å². The molecule has 2 aromatic heterocycles. The van der Waals surface area contributed by atoms with Crippen LogP contribution < -0.4 is 0 Å². The van der Waals surface area contributed by atoms with Gasteiger partial charge in [0.05, 0.1) is 5.69 Å². The number of amides is 1. The zero-order chi connectivity index (χ0) is 20.6. The number of likely N-dealkylation sites (tertiary alicyclic amines) is 1. The molecule has 0 spiro atoms. The Hall–Kier alpha value is -2.57. The van der Waals surface area contributed by atoms with Crippen molar-refractivity contribution < 1.29 is 13.6 Å². The van der Waals surface area contributed by atoms with Gasteiger partial charge in [-0.25, -0.2) is 8.78 Å². The Kier molecular flexibility index (Phi) is 5.23. The van der Waals surface area contributed by atoms with Crippen molar-refractivity contribution in [3.8, 4) is 11.3 Å². The Bertz CT molecular complexity index is 913. The largest absolute Gasteiger partial charge is 0.339 e. The summed E-state index contributed by atoms with van der Waals surface area (Å²) in [6, 6.07) is 3.99. The SMILES string of the molecule is C=CC(=O)N1CCC(c2cnc(C3CCC(F)(F)CC3)cc2-c2ccn(C)n2)C1. The van der Waals surface area contributed by atoms with Crippen LogP contribution in [-0.2, 0) is 11.8 Å². The molecule has 1 amide bonds. The highest BCUT2D eigenvalue weighted by Gasteiger charge is 2.36. The van der Waals surface area contributed by atoms with Crippen molar-refractivity contribution in [3.05, 3.63) is 48.4 Å². The maximum absolute atomic E-state index is 13.6. The van der Waals surface area contributed by atoms with Gasteiger partial charge in [0, 0.05) is 68.5 Å². The lowest BCUT2D eigenvalue weighted by Crippen LogP contribution is -2.26. The molecule has 7 heteroatoms. The second-order valence-electron chi connectivity index (χ2n) is 8.18. The van der Waals surface area contributed by atoms with Crippen LogP contribution in [0.1, 0.15) is 55.2 Å². The Morgan fingerprint density at radius 3 is 2.69 bits per heavy atom. The Labute approximate surface area is 169 Å². The number of halogens is 2. The van der Waals surface area contributed by atoms with E-state index in [0.29, 0.717) is 25.9 Å². The lowest BCUT2D eigenvalue weighted by molar-refractivity contribution is -0.125. The Balaban J connectivity index is 1.65. The number of carbonyl (C=O) groups is 1. The van der Waals surface area contributed by atoms with Crippen LogP contribution in [0.4, 0.5) is 8.78 Å². The summed E-state index contributed by atoms with van der Waals surface area (Å²) in [6.45, 7) is 4.89. The smallest absolute Gasteiger partial charge is 0.248 e. The van der Waals surface area contributed by atoms with Crippen LogP contribution in [0, 0.1) is 0 Å². The summed E-state index contributed by atoms with van der Waals surface area (Å²) in [5, 5.41) is 4.56. The molecule has 0 N–H and O–H groups in total. The molecule has 1 aliphatic heterocycles. The fourth-order valence-corrected chi connectivity index (χ4v) is 4.49. The molecular formula is C22H26F2N4O. The number of aryl methyl sites for hydroxylation is 1. The number of alkyl halides is 2. The molecule has 1 saturated heterocycles. The lowest BCUT2D eigenvalue weighted by atomic mass is 9.83. The van der Waals surface area contributed by atoms with Gasteiger partial charge >= 0.3 is 0 Å². The van der Waals surface area contributed by atoms with Crippen molar-refractivity contribution in [1.82, 2.24) is 19.7 Å². The molecule has 154 valence electrons. The molecule has 4 rings (SSSR count). The predicted octanol–water partition coefficient (Wildman–Crippen LogP) is 4.28. The second kappa shape index (κ2) is 7.69. The van der Waals surface area contributed by atoms with Gasteiger partial charge in [-0.3, -0.25) is 14.5 Å². The monoisotopic (exact) mass is 400 g/mol. The highest BCUT2D eigenvalue weighted by molar-refractivity contribution is 5.87. The number of hydrogen-bond donors (Lipinski definition) is 0. The third-order valence-corrected chi connectivity index (χ3v) is 6.20. The molecule has 2 aliphatic rings. The molecule has 0 radical (unpaired) electrons. The van der Waals surface area contributed by atoms with Crippen molar-refractivity contribution >= 4 is 5.91 Å². The summed E-state index contributed by atoms with van der Waals surface area (Å²) in [5.41, 5.74) is 3.77. The molecule has 2 aromatic rings. The molecule has 1 unspecified atom stereocenters. The molecule has 1 atom stereocenters. The highest BCUT2D eigenvalue weighted by atomic mass is 19.3. The van der Waals surface area contributed by atoms with Gasteiger partial charge in [0.1, 0.15) is 0 Å². The summed E-state index contributed by atoms with van der Waals surface area (Å²) in [5.74, 6) is -2.38. The Morgan fingerprint density at radius 2 is 2.03 bits per heavy atom. The zero-order valence-electron chi connectivity index (χ0n) is 16.7. The summed E-state index contributed by atoms with van der Waals surface area (Å²) in [6.07, 6.45) is 6.71. The van der Waals surface area contributed by atoms with Gasteiger partial charge in [0.2, 0.25) is 11.8 Å². The van der Waals surface area contributed by atoms with Crippen molar-refractivity contribution in [2.24, 2.45) is 7.05 Å². The molecule has 5 nitrogen and oxygen atoms in total. The topological polar surface area (TPSA) is 51.0 Å². The average molecular weight is 400 g/mol. The van der Waals surface area contributed by atoms with Crippen LogP contribution in [0.3, 0.4) is 0 Å². The van der Waals surface area contributed by atoms with Gasteiger partial charge in [-0.1, -0.05) is 6.58 Å². The zero-order valence-corrected chi connectivity index (χ0v) is 16.7. The number of nitrogens with zero attached hydrogens (tertiary/aromatic N) is 4. The molecule has 1 aliphatic carbocycles. The van der Waals surface area contributed by atoms with Gasteiger partial charge in [0.25, 0.3) is 0 Å². The highest BCUT2D eigenvalue weighted by Crippen LogP contribution is 2.42. The molecule has 2 fully saturated rings. The molecule has 3 heterocycles. The normalized spacial score (nSPS) is 22.0. The number of hydrogen-bond acceptors (Lipinski definition) is 3. The fourth-order valence-electron chi connectivity index (χ4n) is 4.49. The fraction of sp³-hybridized carbons (Fsp3) is 0.500. The molecule has 0 bridgehead atoms. The van der Waals surface area contributed by atoms with Crippen LogP contribution in [-0.4, -0.2) is 44.6 Å². The standard InChI is InChI=1S/C22H26F2N4O/c1-3-21(29)28-11-6-16(14-28)18-13-25-20(15-4-8-22(23,24)9-5-15)12-17(18)19-7-10-27(2)26-19/h3,7,10,12-13,15-16H,1,4-6,8-9,11,14H2,2H3. The van der Waals surface area contributed by atoms with Gasteiger partial charge in [-0.05, 0) is 43.0 Å². The molecule has 1 saturated carbocycles. The first-order valence-electron chi connectivity index (χ1n) is 10.2. The third kappa shape index (κ3) is 4.09. The summed E-state index contributed by atoms with van der Waals surface area (Å²) >= 11 is 0. The van der Waals surface area contributed by atoms with E-state index in [1.165, 1.54) is 6.08 Å². The quantitative estimate of drug-likeness (QED) is 0.720. The first-order valence-corrected chi connectivity index (χ1v) is 10.2. The first kappa shape index (κ1) is 19.7. The van der Waals surface area contributed by atoms with Crippen LogP contribution in [0.2, 0.25) is 0 Å². The molecular weight excluding hydrogens is 374 g/mol. The minimum atomic E-state index is -2.55. The first-order chi connectivity index (χ1) is 13.9. The van der Waals surface area contributed by atoms with E-state index >= 15 is 0 Å². The average Bonchev–Trinajstić information content (AvgIpc) is 3.36. The van der Waals surface area contributed by atoms with E-state index in [4.69, 9.17) is 0 Å². The van der Waals surface area contributed by atoms with Crippen LogP contribution in [0.25, 0.3) is 11.3 Å². The summed E-state index contributed by atoms with van der Waals surface area (Å²) in [4.78, 5) is 18.5. The predicted molar refractivity (Wildman–Crippen MR) is 107 cm³/mol. The maximum Gasteiger partial charge on any atom is 0.248 e. The maximum atomic E-state index is 13.6. The lowest BCUT2D eigenvalue weighted by Gasteiger charge is -2.28. The molecule has 29 heavy (non-hydrogen) atoms. The van der Waals surface area contributed by atoms with Crippen molar-refractivity contribution in [2.75, 3.05) is 13.1 Å². The van der Waals surface area contributed by atoms with Crippen molar-refractivity contribution in [2.45, 2.75) is 49.9 Å². The Morgan fingerprint density at radius 1 is 1.28 bits per heavy atom. The van der Waals surface area contributed by atoms with E-state index < -0.39 is 5.92 Å². The van der Waals surface area contributed by atoms with Crippen LogP contribution in [0.15, 0.2) is 37.2 Å². The van der Waals surface area contributed by atoms with Gasteiger partial charge in [-0.15, -0.1) is 0 Å². The summed E-state index contributed by atoms with van der Waals surface area (Å²) in [7, 11) is 1.87. The number of aromatic nitrogens is 3. The van der Waals surface area contributed by atoms with Gasteiger partial charge in [0.15, 0.2) is 0 Å². The number of carbonyl (C=O) groups excluding carboxylic acids is 1. The van der Waals surface area contributed by atoms with E-state index in [2.05, 4.69) is 16.7 Å². The second-order valence-corrected chi connectivity index (χ2v) is 8.18.